The lowest BCUT2D eigenvalue weighted by Crippen LogP contribution is -2.17. The average molecular weight is 338 g/mol. The molecule has 1 aliphatic heterocycles. The molecule has 0 aromatic heterocycles. The van der Waals surface area contributed by atoms with Crippen molar-refractivity contribution in [3.8, 4) is 5.75 Å². The molecular weight excluding hydrogens is 322 g/mol. The molecular formula is C13H15BrClFO2. The zero-order chi connectivity index (χ0) is 13.3. The summed E-state index contributed by atoms with van der Waals surface area (Å²) in [5.41, 5.74) is 0.801. The molecule has 1 aliphatic rings. The van der Waals surface area contributed by atoms with Crippen molar-refractivity contribution in [1.82, 2.24) is 0 Å². The average Bonchev–Trinajstić information content (AvgIpc) is 2.77. The lowest BCUT2D eigenvalue weighted by atomic mass is 9.93. The minimum atomic E-state index is -0.352. The standard InChI is InChI=1S/C13H15BrClFO2/c1-7-8(3-4-18-7)13(15)9-5-10(14)11(16)6-12(9)17-2/h5-8,13H,3-4H2,1-2H3. The Labute approximate surface area is 120 Å². The molecule has 2 rings (SSSR count). The van der Waals surface area contributed by atoms with Crippen LogP contribution < -0.4 is 4.74 Å². The third kappa shape index (κ3) is 2.65. The van der Waals surface area contributed by atoms with Crippen LogP contribution in [-0.4, -0.2) is 19.8 Å². The summed E-state index contributed by atoms with van der Waals surface area (Å²) in [4.78, 5) is 0. The molecule has 2 nitrogen and oxygen atoms in total. The maximum Gasteiger partial charge on any atom is 0.141 e. The van der Waals surface area contributed by atoms with E-state index in [1.165, 1.54) is 13.2 Å². The van der Waals surface area contributed by atoms with Gasteiger partial charge >= 0.3 is 0 Å². The quantitative estimate of drug-likeness (QED) is 0.766. The predicted molar refractivity (Wildman–Crippen MR) is 72.8 cm³/mol. The second-order valence-electron chi connectivity index (χ2n) is 4.44. The Hall–Kier alpha value is -0.320. The topological polar surface area (TPSA) is 18.5 Å². The van der Waals surface area contributed by atoms with Gasteiger partial charge in [-0.2, -0.15) is 0 Å². The Balaban J connectivity index is 2.34. The van der Waals surface area contributed by atoms with Crippen LogP contribution in [0, 0.1) is 11.7 Å². The van der Waals surface area contributed by atoms with E-state index in [0.717, 1.165) is 18.6 Å². The summed E-state index contributed by atoms with van der Waals surface area (Å²) >= 11 is 9.69. The van der Waals surface area contributed by atoms with Crippen LogP contribution in [-0.2, 0) is 4.74 Å². The van der Waals surface area contributed by atoms with Crippen molar-refractivity contribution >= 4 is 27.5 Å². The van der Waals surface area contributed by atoms with Gasteiger partial charge in [-0.15, -0.1) is 11.6 Å². The van der Waals surface area contributed by atoms with E-state index in [0.29, 0.717) is 10.2 Å². The monoisotopic (exact) mass is 336 g/mol. The van der Waals surface area contributed by atoms with Gasteiger partial charge in [0.2, 0.25) is 0 Å². The lowest BCUT2D eigenvalue weighted by Gasteiger charge is -2.22. The van der Waals surface area contributed by atoms with Gasteiger partial charge in [-0.05, 0) is 35.3 Å². The van der Waals surface area contributed by atoms with Crippen molar-refractivity contribution in [2.24, 2.45) is 5.92 Å². The first-order valence-corrected chi connectivity index (χ1v) is 7.06. The Bertz CT molecular complexity index is 441. The van der Waals surface area contributed by atoms with Crippen LogP contribution in [0.5, 0.6) is 5.75 Å². The number of hydrogen-bond acceptors (Lipinski definition) is 2. The molecule has 18 heavy (non-hydrogen) atoms. The number of alkyl halides is 1. The summed E-state index contributed by atoms with van der Waals surface area (Å²) in [5.74, 6) is 0.350. The summed E-state index contributed by atoms with van der Waals surface area (Å²) in [7, 11) is 1.52. The fraction of sp³-hybridized carbons (Fsp3) is 0.538. The summed E-state index contributed by atoms with van der Waals surface area (Å²) < 4.78 is 24.6. The molecule has 100 valence electrons. The highest BCUT2D eigenvalue weighted by Crippen LogP contribution is 2.42. The lowest BCUT2D eigenvalue weighted by molar-refractivity contribution is 0.104. The van der Waals surface area contributed by atoms with E-state index in [-0.39, 0.29) is 23.2 Å². The number of methoxy groups -OCH3 is 1. The molecule has 1 aromatic carbocycles. The molecule has 1 fully saturated rings. The number of hydrogen-bond donors (Lipinski definition) is 0. The van der Waals surface area contributed by atoms with Crippen LogP contribution in [0.3, 0.4) is 0 Å². The first-order valence-electron chi connectivity index (χ1n) is 5.83. The van der Waals surface area contributed by atoms with E-state index >= 15 is 0 Å². The van der Waals surface area contributed by atoms with E-state index < -0.39 is 0 Å². The highest BCUT2D eigenvalue weighted by atomic mass is 79.9. The highest BCUT2D eigenvalue weighted by molar-refractivity contribution is 9.10. The first-order chi connectivity index (χ1) is 8.54. The van der Waals surface area contributed by atoms with Crippen molar-refractivity contribution in [3.05, 3.63) is 28.0 Å². The van der Waals surface area contributed by atoms with Gasteiger partial charge in [-0.3, -0.25) is 0 Å². The molecule has 5 heteroatoms. The number of ether oxygens (including phenoxy) is 2. The molecule has 0 radical (unpaired) electrons. The van der Waals surface area contributed by atoms with E-state index in [1.807, 2.05) is 6.92 Å². The normalized spacial score (nSPS) is 25.2. The largest absolute Gasteiger partial charge is 0.496 e. The molecule has 0 saturated carbocycles. The molecule has 1 saturated heterocycles. The Morgan fingerprint density at radius 2 is 2.28 bits per heavy atom. The number of benzene rings is 1. The Kier molecular flexibility index (Phi) is 4.51. The molecule has 3 atom stereocenters. The second kappa shape index (κ2) is 5.76. The minimum absolute atomic E-state index is 0.112. The summed E-state index contributed by atoms with van der Waals surface area (Å²) in [6.45, 7) is 2.73. The molecule has 1 aromatic rings. The van der Waals surface area contributed by atoms with Crippen LogP contribution in [0.15, 0.2) is 16.6 Å². The third-order valence-electron chi connectivity index (χ3n) is 3.38. The number of halogens is 3. The molecule has 0 aliphatic carbocycles. The fourth-order valence-corrected chi connectivity index (χ4v) is 3.16. The van der Waals surface area contributed by atoms with Gasteiger partial charge in [0, 0.05) is 24.2 Å². The smallest absolute Gasteiger partial charge is 0.141 e. The van der Waals surface area contributed by atoms with E-state index in [1.54, 1.807) is 6.07 Å². The molecule has 0 N–H and O–H groups in total. The van der Waals surface area contributed by atoms with Crippen molar-refractivity contribution < 1.29 is 13.9 Å². The van der Waals surface area contributed by atoms with Crippen LogP contribution in [0.2, 0.25) is 0 Å². The Morgan fingerprint density at radius 1 is 1.56 bits per heavy atom. The van der Waals surface area contributed by atoms with Gasteiger partial charge in [0.25, 0.3) is 0 Å². The van der Waals surface area contributed by atoms with Crippen molar-refractivity contribution in [2.45, 2.75) is 24.8 Å². The van der Waals surface area contributed by atoms with E-state index in [4.69, 9.17) is 21.1 Å². The molecule has 0 bridgehead atoms. The molecule has 3 unspecified atom stereocenters. The van der Waals surface area contributed by atoms with Gasteiger partial charge in [0.15, 0.2) is 0 Å². The maximum atomic E-state index is 13.5. The van der Waals surface area contributed by atoms with Crippen molar-refractivity contribution in [1.29, 1.82) is 0 Å². The highest BCUT2D eigenvalue weighted by Gasteiger charge is 2.33. The molecule has 1 heterocycles. The summed E-state index contributed by atoms with van der Waals surface area (Å²) in [6.07, 6.45) is 1.02. The second-order valence-corrected chi connectivity index (χ2v) is 5.76. The van der Waals surface area contributed by atoms with Crippen molar-refractivity contribution in [2.75, 3.05) is 13.7 Å². The molecule has 0 spiro atoms. The summed E-state index contributed by atoms with van der Waals surface area (Å²) in [5, 5.41) is -0.241. The zero-order valence-electron chi connectivity index (χ0n) is 10.3. The predicted octanol–water partition coefficient (Wildman–Crippen LogP) is 4.30. The minimum Gasteiger partial charge on any atom is -0.496 e. The van der Waals surface area contributed by atoms with Crippen LogP contribution in [0.4, 0.5) is 4.39 Å². The van der Waals surface area contributed by atoms with Gasteiger partial charge in [0.1, 0.15) is 11.6 Å². The number of rotatable bonds is 3. The SMILES string of the molecule is COc1cc(F)c(Br)cc1C(Cl)C1CCOC1C. The van der Waals surface area contributed by atoms with Gasteiger partial charge in [-0.25, -0.2) is 4.39 Å². The fourth-order valence-electron chi connectivity index (χ4n) is 2.30. The maximum absolute atomic E-state index is 13.5. The van der Waals surface area contributed by atoms with Crippen molar-refractivity contribution in [3.63, 3.8) is 0 Å². The van der Waals surface area contributed by atoms with E-state index in [9.17, 15) is 4.39 Å². The van der Waals surface area contributed by atoms with Gasteiger partial charge in [-0.1, -0.05) is 0 Å². The zero-order valence-corrected chi connectivity index (χ0v) is 12.6. The third-order valence-corrected chi connectivity index (χ3v) is 4.55. The Morgan fingerprint density at radius 3 is 2.83 bits per heavy atom. The first kappa shape index (κ1) is 14.1. The van der Waals surface area contributed by atoms with Gasteiger partial charge < -0.3 is 9.47 Å². The van der Waals surface area contributed by atoms with Crippen LogP contribution in [0.25, 0.3) is 0 Å². The summed E-state index contributed by atoms with van der Waals surface area (Å²) in [6, 6.07) is 3.05. The van der Waals surface area contributed by atoms with E-state index in [2.05, 4.69) is 15.9 Å². The molecule has 0 amide bonds. The van der Waals surface area contributed by atoms with Crippen LogP contribution in [0.1, 0.15) is 24.3 Å². The van der Waals surface area contributed by atoms with Crippen LogP contribution >= 0.6 is 27.5 Å². The van der Waals surface area contributed by atoms with Gasteiger partial charge in [0.05, 0.1) is 23.1 Å².